The molecule has 7 nitrogen and oxygen atoms in total. The number of nitrogens with zero attached hydrogens (tertiary/aromatic N) is 3. The van der Waals surface area contributed by atoms with Crippen molar-refractivity contribution in [2.45, 2.75) is 13.3 Å². The predicted octanol–water partition coefficient (Wildman–Crippen LogP) is 2.67. The first-order chi connectivity index (χ1) is 12.6. The molecule has 1 aromatic carbocycles. The van der Waals surface area contributed by atoms with Crippen molar-refractivity contribution in [1.29, 1.82) is 0 Å². The van der Waals surface area contributed by atoms with E-state index in [4.69, 9.17) is 9.26 Å². The van der Waals surface area contributed by atoms with E-state index in [9.17, 15) is 9.18 Å². The van der Waals surface area contributed by atoms with E-state index in [1.54, 1.807) is 18.2 Å². The molecule has 0 aliphatic heterocycles. The van der Waals surface area contributed by atoms with Crippen LogP contribution < -0.4 is 10.1 Å². The summed E-state index contributed by atoms with van der Waals surface area (Å²) in [5, 5.41) is 7.07. The van der Waals surface area contributed by atoms with Crippen LogP contribution in [0.3, 0.4) is 0 Å². The van der Waals surface area contributed by atoms with Crippen LogP contribution in [0, 0.1) is 5.82 Å². The van der Waals surface area contributed by atoms with Gasteiger partial charge in [-0.15, -0.1) is 6.58 Å². The van der Waals surface area contributed by atoms with E-state index in [1.165, 1.54) is 12.1 Å². The molecule has 1 amide bonds. The Bertz CT molecular complexity index is 938. The average molecular weight is 356 g/mol. The first-order valence-corrected chi connectivity index (χ1v) is 8.05. The van der Waals surface area contributed by atoms with E-state index in [0.717, 1.165) is 0 Å². The number of carbonyl (C=O) groups is 1. The smallest absolute Gasteiger partial charge is 0.265 e. The molecule has 0 fully saturated rings. The van der Waals surface area contributed by atoms with Crippen LogP contribution in [0.5, 0.6) is 5.88 Å². The number of halogens is 1. The van der Waals surface area contributed by atoms with Crippen molar-refractivity contribution in [3.63, 3.8) is 0 Å². The molecule has 0 saturated heterocycles. The van der Waals surface area contributed by atoms with E-state index in [0.29, 0.717) is 35.4 Å². The van der Waals surface area contributed by atoms with Gasteiger partial charge in [0.15, 0.2) is 6.61 Å². The molecule has 1 N–H and O–H groups in total. The molecule has 0 radical (unpaired) electrons. The van der Waals surface area contributed by atoms with Crippen LogP contribution >= 0.6 is 0 Å². The number of hydrogen-bond donors (Lipinski definition) is 1. The van der Waals surface area contributed by atoms with Crippen LogP contribution in [-0.2, 0) is 11.2 Å². The van der Waals surface area contributed by atoms with Gasteiger partial charge in [0.25, 0.3) is 11.6 Å². The maximum atomic E-state index is 13.2. The molecule has 2 aromatic heterocycles. The molecule has 0 bridgehead atoms. The van der Waals surface area contributed by atoms with Crippen LogP contribution in [-0.4, -0.2) is 34.2 Å². The first-order valence-electron chi connectivity index (χ1n) is 8.05. The molecule has 0 atom stereocenters. The Morgan fingerprint density at radius 3 is 2.81 bits per heavy atom. The van der Waals surface area contributed by atoms with Gasteiger partial charge in [0.1, 0.15) is 22.7 Å². The van der Waals surface area contributed by atoms with Crippen LogP contribution in [0.4, 0.5) is 4.39 Å². The summed E-state index contributed by atoms with van der Waals surface area (Å²) < 4.78 is 24.1. The fourth-order valence-corrected chi connectivity index (χ4v) is 2.30. The summed E-state index contributed by atoms with van der Waals surface area (Å²) in [7, 11) is 0. The number of amides is 1. The van der Waals surface area contributed by atoms with Gasteiger partial charge in [-0.2, -0.15) is 9.97 Å². The second-order valence-corrected chi connectivity index (χ2v) is 5.40. The second kappa shape index (κ2) is 7.73. The molecule has 3 rings (SSSR count). The number of benzene rings is 1. The van der Waals surface area contributed by atoms with Gasteiger partial charge in [0.05, 0.1) is 0 Å². The maximum Gasteiger partial charge on any atom is 0.265 e. The number of aryl methyl sites for hydroxylation is 1. The highest BCUT2D eigenvalue weighted by Gasteiger charge is 2.20. The number of hydrogen-bond acceptors (Lipinski definition) is 6. The van der Waals surface area contributed by atoms with Crippen molar-refractivity contribution in [2.75, 3.05) is 13.2 Å². The Balaban J connectivity index is 1.99. The Kier molecular flexibility index (Phi) is 5.21. The van der Waals surface area contributed by atoms with Crippen molar-refractivity contribution < 1.29 is 18.4 Å². The molecule has 3 aromatic rings. The van der Waals surface area contributed by atoms with E-state index >= 15 is 0 Å². The molecule has 8 heteroatoms. The minimum absolute atomic E-state index is 0.196. The molecule has 2 heterocycles. The largest absolute Gasteiger partial charge is 0.467 e. The quantitative estimate of drug-likeness (QED) is 0.655. The van der Waals surface area contributed by atoms with E-state index in [1.807, 2.05) is 6.92 Å². The van der Waals surface area contributed by atoms with Gasteiger partial charge in [-0.3, -0.25) is 4.79 Å². The lowest BCUT2D eigenvalue weighted by Crippen LogP contribution is -2.29. The lowest BCUT2D eigenvalue weighted by atomic mass is 10.1. The summed E-state index contributed by atoms with van der Waals surface area (Å²) in [6.45, 7) is 5.54. The number of carbonyl (C=O) groups excluding carboxylic acids is 1. The highest BCUT2D eigenvalue weighted by molar-refractivity contribution is 5.93. The average Bonchev–Trinajstić information content (AvgIpc) is 3.09. The highest BCUT2D eigenvalue weighted by atomic mass is 19.1. The number of ether oxygens (including phenoxy) is 1. The molecule has 0 aliphatic carbocycles. The molecular formula is C18H17FN4O3. The monoisotopic (exact) mass is 356 g/mol. The summed E-state index contributed by atoms with van der Waals surface area (Å²) in [6.07, 6.45) is 2.13. The Labute approximate surface area is 148 Å². The Morgan fingerprint density at radius 1 is 1.35 bits per heavy atom. The van der Waals surface area contributed by atoms with Gasteiger partial charge in [-0.1, -0.05) is 18.2 Å². The van der Waals surface area contributed by atoms with Gasteiger partial charge in [0, 0.05) is 18.5 Å². The van der Waals surface area contributed by atoms with Crippen LogP contribution in [0.1, 0.15) is 12.7 Å². The second-order valence-electron chi connectivity index (χ2n) is 5.40. The third kappa shape index (κ3) is 3.69. The number of aromatic nitrogens is 3. The summed E-state index contributed by atoms with van der Waals surface area (Å²) >= 11 is 0. The van der Waals surface area contributed by atoms with Crippen molar-refractivity contribution >= 4 is 17.0 Å². The molecular weight excluding hydrogens is 339 g/mol. The van der Waals surface area contributed by atoms with Crippen LogP contribution in [0.25, 0.3) is 22.4 Å². The third-order valence-corrected chi connectivity index (χ3v) is 3.57. The number of fused-ring (bicyclic) bond motifs is 1. The zero-order valence-corrected chi connectivity index (χ0v) is 14.2. The molecule has 134 valence electrons. The zero-order chi connectivity index (χ0) is 18.5. The summed E-state index contributed by atoms with van der Waals surface area (Å²) in [6, 6.07) is 5.78. The van der Waals surface area contributed by atoms with Gasteiger partial charge < -0.3 is 14.6 Å². The SMILES string of the molecule is C=CCNC(=O)COc1nc(CC)nc2onc(-c3ccc(F)cc3)c12. The van der Waals surface area contributed by atoms with Gasteiger partial charge >= 0.3 is 0 Å². The molecule has 0 unspecified atom stereocenters. The lowest BCUT2D eigenvalue weighted by molar-refractivity contribution is -0.122. The molecule has 0 spiro atoms. The maximum absolute atomic E-state index is 13.2. The fourth-order valence-electron chi connectivity index (χ4n) is 2.30. The normalized spacial score (nSPS) is 10.7. The lowest BCUT2D eigenvalue weighted by Gasteiger charge is -2.08. The van der Waals surface area contributed by atoms with Crippen molar-refractivity contribution in [3.05, 3.63) is 48.6 Å². The van der Waals surface area contributed by atoms with Crippen molar-refractivity contribution in [3.8, 4) is 17.1 Å². The van der Waals surface area contributed by atoms with Gasteiger partial charge in [0.2, 0.25) is 5.88 Å². The standard InChI is InChI=1S/C18H17FN4O3/c1-3-9-20-14(24)10-25-17-15-16(11-5-7-12(19)8-6-11)23-26-18(15)22-13(4-2)21-17/h3,5-8H,1,4,9-10H2,2H3,(H,20,24). The van der Waals surface area contributed by atoms with E-state index in [2.05, 4.69) is 27.0 Å². The summed E-state index contributed by atoms with van der Waals surface area (Å²) in [5.41, 5.74) is 1.29. The highest BCUT2D eigenvalue weighted by Crippen LogP contribution is 2.33. The van der Waals surface area contributed by atoms with E-state index < -0.39 is 0 Å². The van der Waals surface area contributed by atoms with Crippen LogP contribution in [0.2, 0.25) is 0 Å². The molecule has 0 saturated carbocycles. The van der Waals surface area contributed by atoms with Crippen LogP contribution in [0.15, 0.2) is 41.4 Å². The summed E-state index contributed by atoms with van der Waals surface area (Å²) in [4.78, 5) is 20.4. The number of rotatable bonds is 7. The molecule has 26 heavy (non-hydrogen) atoms. The minimum atomic E-state index is -0.360. The van der Waals surface area contributed by atoms with Gasteiger partial charge in [-0.05, 0) is 24.3 Å². The Morgan fingerprint density at radius 2 is 2.12 bits per heavy atom. The number of nitrogens with one attached hydrogen (secondary N) is 1. The van der Waals surface area contributed by atoms with E-state index in [-0.39, 0.29) is 29.9 Å². The fraction of sp³-hybridized carbons (Fsp3) is 0.222. The predicted molar refractivity (Wildman–Crippen MR) is 93.1 cm³/mol. The third-order valence-electron chi connectivity index (χ3n) is 3.57. The van der Waals surface area contributed by atoms with Gasteiger partial charge in [-0.25, -0.2) is 4.39 Å². The van der Waals surface area contributed by atoms with Crippen molar-refractivity contribution in [1.82, 2.24) is 20.4 Å². The van der Waals surface area contributed by atoms with Crippen molar-refractivity contribution in [2.24, 2.45) is 0 Å². The minimum Gasteiger partial charge on any atom is -0.467 e. The molecule has 0 aliphatic rings. The first kappa shape index (κ1) is 17.5. The summed E-state index contributed by atoms with van der Waals surface area (Å²) in [5.74, 6) is 0.0258. The zero-order valence-electron chi connectivity index (χ0n) is 14.2. The topological polar surface area (TPSA) is 90.1 Å². The Hall–Kier alpha value is -3.29.